The maximum absolute atomic E-state index is 15.1. The van der Waals surface area contributed by atoms with Crippen LogP contribution in [-0.4, -0.2) is 40.8 Å². The predicted octanol–water partition coefficient (Wildman–Crippen LogP) is 6.44. The van der Waals surface area contributed by atoms with Crippen molar-refractivity contribution in [3.05, 3.63) is 48.2 Å². The highest BCUT2D eigenvalue weighted by Crippen LogP contribution is 2.38. The molecule has 194 valence electrons. The number of hydrogen-bond acceptors (Lipinski definition) is 6. The smallest absolute Gasteiger partial charge is 0.230 e. The van der Waals surface area contributed by atoms with Crippen molar-refractivity contribution in [1.29, 1.82) is 0 Å². The average molecular weight is 505 g/mol. The van der Waals surface area contributed by atoms with Crippen molar-refractivity contribution in [2.45, 2.75) is 64.0 Å². The van der Waals surface area contributed by atoms with Gasteiger partial charge in [0, 0.05) is 34.7 Å². The molecule has 2 fully saturated rings. The van der Waals surface area contributed by atoms with Crippen LogP contribution >= 0.6 is 0 Å². The third-order valence-corrected chi connectivity index (χ3v) is 7.71. The minimum absolute atomic E-state index is 0.104. The Bertz CT molecular complexity index is 1410. The normalized spacial score (nSPS) is 20.2. The zero-order valence-corrected chi connectivity index (χ0v) is 21.4. The lowest BCUT2D eigenvalue weighted by Gasteiger charge is -2.39. The van der Waals surface area contributed by atoms with Gasteiger partial charge in [-0.1, -0.05) is 19.3 Å². The molecular weight excluding hydrogens is 471 g/mol. The molecule has 6 rings (SSSR count). The van der Waals surface area contributed by atoms with Gasteiger partial charge < -0.3 is 24.5 Å². The van der Waals surface area contributed by atoms with Gasteiger partial charge in [0.15, 0.2) is 23.1 Å². The number of aryl methyl sites for hydroxylation is 1. The van der Waals surface area contributed by atoms with E-state index < -0.39 is 5.82 Å². The second-order valence-corrected chi connectivity index (χ2v) is 10.4. The summed E-state index contributed by atoms with van der Waals surface area (Å²) in [4.78, 5) is 11.8. The molecule has 2 heterocycles. The molecule has 0 atom stereocenters. The second kappa shape index (κ2) is 10.2. The van der Waals surface area contributed by atoms with E-state index in [0.29, 0.717) is 52.4 Å². The molecule has 0 amide bonds. The molecule has 37 heavy (non-hydrogen) atoms. The molecule has 8 heteroatoms. The number of fused-ring (bicyclic) bond motifs is 2. The van der Waals surface area contributed by atoms with Crippen LogP contribution < -0.4 is 19.5 Å². The topological polar surface area (TPSA) is 81.3 Å². The number of nitrogens with one attached hydrogen (secondary N) is 2. The van der Waals surface area contributed by atoms with Gasteiger partial charge in [-0.25, -0.2) is 14.4 Å². The largest absolute Gasteiger partial charge is 0.493 e. The number of hydrogen-bond donors (Lipinski definition) is 2. The van der Waals surface area contributed by atoms with Crippen molar-refractivity contribution in [2.24, 2.45) is 5.92 Å². The van der Waals surface area contributed by atoms with E-state index in [1.807, 2.05) is 13.0 Å². The summed E-state index contributed by atoms with van der Waals surface area (Å²) >= 11 is 0. The molecular formula is C29H33FN4O3. The van der Waals surface area contributed by atoms with Crippen molar-refractivity contribution in [3.63, 3.8) is 0 Å². The number of benzene rings is 2. The number of ether oxygens (including phenoxy) is 3. The van der Waals surface area contributed by atoms with Crippen LogP contribution in [0, 0.1) is 18.7 Å². The first-order chi connectivity index (χ1) is 18.1. The first kappa shape index (κ1) is 24.0. The molecule has 7 nitrogen and oxygen atoms in total. The standard InChI is InChI=1S/C29H33FN4O3/c1-17-10-21-23(33-17)8-9-25(28(21)30)37-29-22-13-26(35-2)27(14-24(22)31-16-32-29)36-15-18-11-20(12-18)34-19-6-4-3-5-7-19/h8-10,13-14,16,18-20,33-34H,3-7,11-12,15H2,1-2H3. The minimum Gasteiger partial charge on any atom is -0.493 e. The van der Waals surface area contributed by atoms with Crippen LogP contribution in [-0.2, 0) is 0 Å². The summed E-state index contributed by atoms with van der Waals surface area (Å²) in [5.41, 5.74) is 2.25. The van der Waals surface area contributed by atoms with E-state index in [1.54, 1.807) is 31.4 Å². The Morgan fingerprint density at radius 3 is 2.62 bits per heavy atom. The van der Waals surface area contributed by atoms with Gasteiger partial charge in [0.2, 0.25) is 5.88 Å². The first-order valence-electron chi connectivity index (χ1n) is 13.2. The van der Waals surface area contributed by atoms with Crippen molar-refractivity contribution < 1.29 is 18.6 Å². The summed E-state index contributed by atoms with van der Waals surface area (Å²) in [6.45, 7) is 2.53. The number of nitrogens with zero attached hydrogens (tertiary/aromatic N) is 2. The molecule has 0 unspecified atom stereocenters. The Labute approximate surface area is 215 Å². The quantitative estimate of drug-likeness (QED) is 0.287. The number of aromatic nitrogens is 3. The Morgan fingerprint density at radius 1 is 0.973 bits per heavy atom. The number of rotatable bonds is 8. The van der Waals surface area contributed by atoms with Gasteiger partial charge in [-0.2, -0.15) is 0 Å². The summed E-state index contributed by atoms with van der Waals surface area (Å²) in [6.07, 6.45) is 10.4. The molecule has 0 saturated heterocycles. The van der Waals surface area contributed by atoms with Crippen LogP contribution in [0.5, 0.6) is 23.1 Å². The van der Waals surface area contributed by atoms with Crippen LogP contribution in [0.4, 0.5) is 4.39 Å². The molecule has 0 radical (unpaired) electrons. The maximum atomic E-state index is 15.1. The van der Waals surface area contributed by atoms with Gasteiger partial charge in [0.05, 0.1) is 24.6 Å². The van der Waals surface area contributed by atoms with E-state index in [0.717, 1.165) is 24.1 Å². The molecule has 2 aliphatic carbocycles. The first-order valence-corrected chi connectivity index (χ1v) is 13.2. The Morgan fingerprint density at radius 2 is 1.81 bits per heavy atom. The van der Waals surface area contributed by atoms with Crippen molar-refractivity contribution in [3.8, 4) is 23.1 Å². The fraction of sp³-hybridized carbons (Fsp3) is 0.448. The minimum atomic E-state index is -0.433. The van der Waals surface area contributed by atoms with E-state index in [2.05, 4.69) is 20.3 Å². The molecule has 2 saturated carbocycles. The van der Waals surface area contributed by atoms with Crippen molar-refractivity contribution in [1.82, 2.24) is 20.3 Å². The predicted molar refractivity (Wildman–Crippen MR) is 141 cm³/mol. The van der Waals surface area contributed by atoms with E-state index in [-0.39, 0.29) is 11.6 Å². The van der Waals surface area contributed by atoms with Gasteiger partial charge in [-0.3, -0.25) is 0 Å². The number of halogens is 1. The van der Waals surface area contributed by atoms with Gasteiger partial charge >= 0.3 is 0 Å². The summed E-state index contributed by atoms with van der Waals surface area (Å²) in [6, 6.07) is 10.1. The molecule has 2 aromatic heterocycles. The number of H-pyrrole nitrogens is 1. The van der Waals surface area contributed by atoms with Crippen LogP contribution in [0.15, 0.2) is 36.7 Å². The molecule has 4 aromatic rings. The average Bonchev–Trinajstić information content (AvgIpc) is 3.28. The number of methoxy groups -OCH3 is 1. The van der Waals surface area contributed by atoms with Gasteiger partial charge in [0.25, 0.3) is 0 Å². The summed E-state index contributed by atoms with van der Waals surface area (Å²) in [5.74, 6) is 1.67. The molecule has 0 spiro atoms. The molecule has 2 aliphatic rings. The van der Waals surface area contributed by atoms with Gasteiger partial charge in [0.1, 0.15) is 6.33 Å². The highest BCUT2D eigenvalue weighted by atomic mass is 19.1. The van der Waals surface area contributed by atoms with E-state index in [1.165, 1.54) is 38.4 Å². The summed E-state index contributed by atoms with van der Waals surface area (Å²) < 4.78 is 32.9. The highest BCUT2D eigenvalue weighted by Gasteiger charge is 2.31. The van der Waals surface area contributed by atoms with E-state index >= 15 is 4.39 Å². The van der Waals surface area contributed by atoms with Crippen LogP contribution in [0.1, 0.15) is 50.6 Å². The lowest BCUT2D eigenvalue weighted by Crippen LogP contribution is -2.48. The molecule has 0 bridgehead atoms. The zero-order valence-electron chi connectivity index (χ0n) is 21.4. The van der Waals surface area contributed by atoms with Crippen molar-refractivity contribution in [2.75, 3.05) is 13.7 Å². The van der Waals surface area contributed by atoms with Crippen LogP contribution in [0.2, 0.25) is 0 Å². The van der Waals surface area contributed by atoms with Crippen LogP contribution in [0.3, 0.4) is 0 Å². The number of aromatic amines is 1. The second-order valence-electron chi connectivity index (χ2n) is 10.4. The van der Waals surface area contributed by atoms with E-state index in [9.17, 15) is 0 Å². The molecule has 2 N–H and O–H groups in total. The lowest BCUT2D eigenvalue weighted by molar-refractivity contribution is 0.126. The molecule has 0 aliphatic heterocycles. The summed E-state index contributed by atoms with van der Waals surface area (Å²) in [7, 11) is 1.60. The van der Waals surface area contributed by atoms with E-state index in [4.69, 9.17) is 14.2 Å². The lowest BCUT2D eigenvalue weighted by atomic mass is 9.79. The summed E-state index contributed by atoms with van der Waals surface area (Å²) in [5, 5.41) is 4.93. The Hall–Kier alpha value is -3.39. The SMILES string of the molecule is COc1cc2c(Oc3ccc4[nH]c(C)cc4c3F)ncnc2cc1OCC1CC(NC2CCCCC2)C1. The highest BCUT2D eigenvalue weighted by molar-refractivity contribution is 5.87. The Balaban J connectivity index is 1.15. The van der Waals surface area contributed by atoms with Gasteiger partial charge in [-0.15, -0.1) is 0 Å². The maximum Gasteiger partial charge on any atom is 0.230 e. The Kier molecular flexibility index (Phi) is 6.59. The van der Waals surface area contributed by atoms with Crippen LogP contribution in [0.25, 0.3) is 21.8 Å². The van der Waals surface area contributed by atoms with Crippen molar-refractivity contribution >= 4 is 21.8 Å². The fourth-order valence-electron chi connectivity index (χ4n) is 5.68. The fourth-order valence-corrected chi connectivity index (χ4v) is 5.68. The van der Waals surface area contributed by atoms with Gasteiger partial charge in [-0.05, 0) is 62.8 Å². The monoisotopic (exact) mass is 504 g/mol. The third-order valence-electron chi connectivity index (χ3n) is 7.71. The third kappa shape index (κ3) is 4.94. The molecule has 2 aromatic carbocycles. The zero-order chi connectivity index (χ0) is 25.4.